The van der Waals surface area contributed by atoms with Crippen molar-refractivity contribution in [2.24, 2.45) is 5.92 Å². The minimum atomic E-state index is -0.252. The molecule has 7 nitrogen and oxygen atoms in total. The number of ether oxygens (including phenoxy) is 1. The first-order valence-electron chi connectivity index (χ1n) is 11.7. The highest BCUT2D eigenvalue weighted by Crippen LogP contribution is 2.45. The fourth-order valence-electron chi connectivity index (χ4n) is 4.94. The average Bonchev–Trinajstić information content (AvgIpc) is 3.60. The summed E-state index contributed by atoms with van der Waals surface area (Å²) in [6.07, 6.45) is 9.91. The molecule has 3 heterocycles. The summed E-state index contributed by atoms with van der Waals surface area (Å²) < 4.78 is 6.12. The van der Waals surface area contributed by atoms with Crippen molar-refractivity contribution in [3.63, 3.8) is 0 Å². The first-order valence-corrected chi connectivity index (χ1v) is 11.7. The molecule has 2 fully saturated rings. The molecule has 0 radical (unpaired) electrons. The lowest BCUT2D eigenvalue weighted by molar-refractivity contribution is -0.0406. The highest BCUT2D eigenvalue weighted by atomic mass is 16.5. The van der Waals surface area contributed by atoms with E-state index in [0.717, 1.165) is 23.5 Å². The molecule has 32 heavy (non-hydrogen) atoms. The number of carbonyl (C=O) groups is 1. The Morgan fingerprint density at radius 2 is 2.12 bits per heavy atom. The Hall–Kier alpha value is -2.59. The Labute approximate surface area is 191 Å². The van der Waals surface area contributed by atoms with E-state index >= 15 is 0 Å². The zero-order chi connectivity index (χ0) is 23.0. The van der Waals surface area contributed by atoms with E-state index in [-0.39, 0.29) is 30.1 Å². The summed E-state index contributed by atoms with van der Waals surface area (Å²) in [7, 11) is 0. The van der Waals surface area contributed by atoms with Crippen molar-refractivity contribution in [2.75, 3.05) is 31.1 Å². The van der Waals surface area contributed by atoms with Gasteiger partial charge >= 0.3 is 6.03 Å². The van der Waals surface area contributed by atoms with Gasteiger partial charge in [0, 0.05) is 49.3 Å². The van der Waals surface area contributed by atoms with Gasteiger partial charge in [-0.25, -0.2) is 9.78 Å². The van der Waals surface area contributed by atoms with Crippen LogP contribution in [0.1, 0.15) is 68.8 Å². The highest BCUT2D eigenvalue weighted by Gasteiger charge is 2.39. The quantitative estimate of drug-likeness (QED) is 0.547. The Morgan fingerprint density at radius 3 is 2.75 bits per heavy atom. The number of urea groups is 1. The normalized spacial score (nSPS) is 22.3. The number of fused-ring (bicyclic) bond motifs is 1. The van der Waals surface area contributed by atoms with Crippen LogP contribution < -0.4 is 10.2 Å². The minimum Gasteiger partial charge on any atom is -0.370 e. The maximum absolute atomic E-state index is 12.7. The molecule has 2 aliphatic heterocycles. The van der Waals surface area contributed by atoms with Gasteiger partial charge in [-0.1, -0.05) is 19.8 Å². The zero-order valence-corrected chi connectivity index (χ0v) is 19.7. The van der Waals surface area contributed by atoms with Crippen molar-refractivity contribution >= 4 is 18.1 Å². The maximum Gasteiger partial charge on any atom is 0.318 e. The topological polar surface area (TPSA) is 81.6 Å². The van der Waals surface area contributed by atoms with E-state index in [9.17, 15) is 4.79 Å². The number of nitrogens with zero attached hydrogens (tertiary/aromatic N) is 3. The molecule has 1 aromatic heterocycles. The van der Waals surface area contributed by atoms with E-state index < -0.39 is 0 Å². The number of amides is 2. The van der Waals surface area contributed by atoms with Gasteiger partial charge in [0.05, 0.1) is 30.5 Å². The largest absolute Gasteiger partial charge is 0.370 e. The van der Waals surface area contributed by atoms with Crippen molar-refractivity contribution in [3.05, 3.63) is 22.4 Å². The maximum atomic E-state index is 12.7. The van der Waals surface area contributed by atoms with Crippen LogP contribution in [0.25, 0.3) is 0 Å². The third-order valence-corrected chi connectivity index (χ3v) is 6.87. The summed E-state index contributed by atoms with van der Waals surface area (Å²) in [6, 6.07) is -0.0633. The molecule has 1 atom stereocenters. The Bertz CT molecular complexity index is 945. The molecule has 0 spiro atoms. The van der Waals surface area contributed by atoms with Gasteiger partial charge < -0.3 is 25.3 Å². The standard InChI is InChI=1S/C25H35N5O2/c1-6-9-27-24(31)30-11-10-29(14-21(30)16(2)3)23-19(13-26)18-12-25(4,5)32-15-20(18)22(28-23)17-7-8-17/h1,13,16-17,21,26H,7-12,14-15H2,2-5H3,(H,27,31)/t21-/m0/s1. The number of anilines is 1. The molecular weight excluding hydrogens is 402 g/mol. The number of hydrogen-bond acceptors (Lipinski definition) is 5. The predicted molar refractivity (Wildman–Crippen MR) is 126 cm³/mol. The second-order valence-corrected chi connectivity index (χ2v) is 10.1. The van der Waals surface area contributed by atoms with E-state index in [1.165, 1.54) is 30.2 Å². The molecule has 0 aromatic carbocycles. The molecule has 172 valence electrons. The fourth-order valence-corrected chi connectivity index (χ4v) is 4.94. The molecule has 1 saturated heterocycles. The highest BCUT2D eigenvalue weighted by molar-refractivity contribution is 5.88. The molecule has 3 aliphatic rings. The molecule has 1 aliphatic carbocycles. The van der Waals surface area contributed by atoms with Gasteiger partial charge in [-0.15, -0.1) is 6.42 Å². The van der Waals surface area contributed by atoms with Crippen molar-refractivity contribution in [1.29, 1.82) is 5.41 Å². The van der Waals surface area contributed by atoms with Crippen LogP contribution in [0.15, 0.2) is 0 Å². The second-order valence-electron chi connectivity index (χ2n) is 10.1. The lowest BCUT2D eigenvalue weighted by atomic mass is 9.87. The van der Waals surface area contributed by atoms with E-state index in [1.54, 1.807) is 0 Å². The number of aromatic nitrogens is 1. The summed E-state index contributed by atoms with van der Waals surface area (Å²) in [5, 5.41) is 11.1. The predicted octanol–water partition coefficient (Wildman–Crippen LogP) is 3.30. The molecule has 2 amide bonds. The minimum absolute atomic E-state index is 0.0436. The van der Waals surface area contributed by atoms with Gasteiger partial charge in [0.25, 0.3) is 0 Å². The van der Waals surface area contributed by atoms with Crippen LogP contribution in [0.3, 0.4) is 0 Å². The number of hydrogen-bond donors (Lipinski definition) is 2. The Balaban J connectivity index is 1.69. The molecule has 4 rings (SSSR count). The second kappa shape index (κ2) is 8.74. The van der Waals surface area contributed by atoms with Crippen LogP contribution in [-0.4, -0.2) is 60.0 Å². The van der Waals surface area contributed by atoms with E-state index in [4.69, 9.17) is 21.6 Å². The summed E-state index contributed by atoms with van der Waals surface area (Å²) in [5.41, 5.74) is 4.23. The fraction of sp³-hybridized carbons (Fsp3) is 0.640. The van der Waals surface area contributed by atoms with Gasteiger partial charge in [0.15, 0.2) is 0 Å². The number of piperazine rings is 1. The van der Waals surface area contributed by atoms with Crippen molar-refractivity contribution < 1.29 is 9.53 Å². The number of carbonyl (C=O) groups excluding carboxylic acids is 1. The first-order chi connectivity index (χ1) is 15.3. The van der Waals surface area contributed by atoms with Gasteiger partial charge in [-0.2, -0.15) is 0 Å². The summed E-state index contributed by atoms with van der Waals surface area (Å²) in [6.45, 7) is 11.3. The monoisotopic (exact) mass is 437 g/mol. The molecule has 2 N–H and O–H groups in total. The number of terminal acetylenes is 1. The molecular formula is C25H35N5O2. The molecule has 1 saturated carbocycles. The lowest BCUT2D eigenvalue weighted by Crippen LogP contribution is -2.59. The number of nitrogens with one attached hydrogen (secondary N) is 2. The van der Waals surface area contributed by atoms with Crippen LogP contribution in [0.2, 0.25) is 0 Å². The van der Waals surface area contributed by atoms with Crippen LogP contribution in [0.4, 0.5) is 10.6 Å². The van der Waals surface area contributed by atoms with E-state index in [2.05, 4.69) is 43.8 Å². The van der Waals surface area contributed by atoms with Gasteiger partial charge in [0.2, 0.25) is 0 Å². The number of pyridine rings is 1. The van der Waals surface area contributed by atoms with Gasteiger partial charge in [-0.3, -0.25) is 0 Å². The summed E-state index contributed by atoms with van der Waals surface area (Å²) >= 11 is 0. The van der Waals surface area contributed by atoms with Crippen LogP contribution in [-0.2, 0) is 17.8 Å². The van der Waals surface area contributed by atoms with E-state index in [0.29, 0.717) is 32.2 Å². The zero-order valence-electron chi connectivity index (χ0n) is 19.7. The summed E-state index contributed by atoms with van der Waals surface area (Å²) in [4.78, 5) is 22.0. The van der Waals surface area contributed by atoms with Crippen LogP contribution >= 0.6 is 0 Å². The Morgan fingerprint density at radius 1 is 1.38 bits per heavy atom. The first kappa shape index (κ1) is 22.6. The van der Waals surface area contributed by atoms with Gasteiger partial charge in [0.1, 0.15) is 5.82 Å². The van der Waals surface area contributed by atoms with Crippen molar-refractivity contribution in [1.82, 2.24) is 15.2 Å². The van der Waals surface area contributed by atoms with Crippen molar-refractivity contribution in [3.8, 4) is 12.3 Å². The average molecular weight is 438 g/mol. The molecule has 7 heteroatoms. The lowest BCUT2D eigenvalue weighted by Gasteiger charge is -2.44. The molecule has 0 bridgehead atoms. The third-order valence-electron chi connectivity index (χ3n) is 6.87. The van der Waals surface area contributed by atoms with E-state index in [1.807, 2.05) is 4.90 Å². The van der Waals surface area contributed by atoms with Crippen LogP contribution in [0.5, 0.6) is 0 Å². The smallest absolute Gasteiger partial charge is 0.318 e. The Kier molecular flexibility index (Phi) is 6.17. The molecule has 0 unspecified atom stereocenters. The SMILES string of the molecule is C#CCNC(=O)N1CCN(c2nc(C3CC3)c3c(c2C=N)CC(C)(C)OC3)C[C@H]1C(C)C. The van der Waals surface area contributed by atoms with Gasteiger partial charge in [-0.05, 0) is 38.2 Å². The third kappa shape index (κ3) is 4.33. The van der Waals surface area contributed by atoms with Crippen molar-refractivity contribution in [2.45, 2.75) is 71.1 Å². The van der Waals surface area contributed by atoms with Crippen LogP contribution in [0, 0.1) is 23.7 Å². The molecule has 1 aromatic rings. The summed E-state index contributed by atoms with van der Waals surface area (Å²) in [5.74, 6) is 4.16. The number of rotatable bonds is 5.